The van der Waals surface area contributed by atoms with Crippen LogP contribution in [-0.2, 0) is 37.0 Å². The van der Waals surface area contributed by atoms with Gasteiger partial charge < -0.3 is 0 Å². The number of alkyl halides is 3. The van der Waals surface area contributed by atoms with E-state index >= 15 is 0 Å². The number of hydrogen-bond donors (Lipinski definition) is 1. The van der Waals surface area contributed by atoms with E-state index in [0.29, 0.717) is 12.1 Å². The molecule has 0 spiro atoms. The van der Waals surface area contributed by atoms with Gasteiger partial charge in [-0.1, -0.05) is 13.8 Å². The zero-order valence-electron chi connectivity index (χ0n) is 16.1. The fraction of sp³-hybridized carbons (Fsp3) is 0.625. The number of hydrogen-bond acceptors (Lipinski definition) is 4. The van der Waals surface area contributed by atoms with Gasteiger partial charge in [-0.05, 0) is 26.7 Å². The van der Waals surface area contributed by atoms with Crippen LogP contribution in [0.15, 0.2) is 4.90 Å². The SMILES string of the molecule is CCc1nn(C)c(CC)c1S(=O)(=O)N[C@H](c1c(C)nn(C)c1C)C(F)(F)F. The highest BCUT2D eigenvalue weighted by atomic mass is 32.2. The van der Waals surface area contributed by atoms with Crippen molar-refractivity contribution in [3.63, 3.8) is 0 Å². The fourth-order valence-corrected chi connectivity index (χ4v) is 5.00. The molecule has 0 aliphatic carbocycles. The third kappa shape index (κ3) is 3.88. The van der Waals surface area contributed by atoms with Crippen molar-refractivity contribution >= 4 is 10.0 Å². The average molecular weight is 407 g/mol. The van der Waals surface area contributed by atoms with Crippen LogP contribution < -0.4 is 4.72 Å². The lowest BCUT2D eigenvalue weighted by Gasteiger charge is -2.22. The van der Waals surface area contributed by atoms with Gasteiger partial charge >= 0.3 is 6.18 Å². The van der Waals surface area contributed by atoms with E-state index in [1.54, 1.807) is 20.9 Å². The van der Waals surface area contributed by atoms with Crippen molar-refractivity contribution in [1.82, 2.24) is 24.3 Å². The van der Waals surface area contributed by atoms with E-state index in [1.807, 2.05) is 4.72 Å². The van der Waals surface area contributed by atoms with Crippen molar-refractivity contribution < 1.29 is 21.6 Å². The first-order valence-corrected chi connectivity index (χ1v) is 9.97. The van der Waals surface area contributed by atoms with E-state index in [4.69, 9.17) is 0 Å². The Hall–Kier alpha value is -1.88. The number of nitrogens with one attached hydrogen (secondary N) is 1. The smallest absolute Gasteiger partial charge is 0.272 e. The van der Waals surface area contributed by atoms with Crippen LogP contribution >= 0.6 is 0 Å². The van der Waals surface area contributed by atoms with Crippen LogP contribution in [0.4, 0.5) is 13.2 Å². The molecule has 0 radical (unpaired) electrons. The average Bonchev–Trinajstić information content (AvgIpc) is 3.01. The molecule has 2 aromatic heterocycles. The number of aryl methyl sites for hydroxylation is 4. The number of sulfonamides is 1. The van der Waals surface area contributed by atoms with Crippen molar-refractivity contribution in [3.05, 3.63) is 28.3 Å². The molecule has 0 bridgehead atoms. The Labute approximate surface area is 156 Å². The summed E-state index contributed by atoms with van der Waals surface area (Å²) in [5.41, 5.74) is 0.781. The van der Waals surface area contributed by atoms with E-state index in [-0.39, 0.29) is 34.0 Å². The van der Waals surface area contributed by atoms with Crippen LogP contribution in [0.2, 0.25) is 0 Å². The minimum atomic E-state index is -4.83. The Balaban J connectivity index is 2.63. The second-order valence-corrected chi connectivity index (χ2v) is 8.01. The zero-order valence-corrected chi connectivity index (χ0v) is 17.0. The Morgan fingerprint density at radius 2 is 1.67 bits per heavy atom. The highest BCUT2D eigenvalue weighted by Crippen LogP contribution is 2.37. The van der Waals surface area contributed by atoms with E-state index in [0.717, 1.165) is 0 Å². The highest BCUT2D eigenvalue weighted by Gasteiger charge is 2.46. The first-order chi connectivity index (χ1) is 12.3. The molecule has 2 heterocycles. The molecule has 2 rings (SSSR count). The van der Waals surface area contributed by atoms with E-state index < -0.39 is 22.2 Å². The van der Waals surface area contributed by atoms with Gasteiger partial charge in [-0.15, -0.1) is 0 Å². The first kappa shape index (κ1) is 21.4. The van der Waals surface area contributed by atoms with Crippen LogP contribution in [-0.4, -0.2) is 34.2 Å². The predicted molar refractivity (Wildman–Crippen MR) is 93.8 cm³/mol. The highest BCUT2D eigenvalue weighted by molar-refractivity contribution is 7.89. The van der Waals surface area contributed by atoms with Gasteiger partial charge in [0, 0.05) is 25.4 Å². The van der Waals surface area contributed by atoms with Crippen LogP contribution in [0.3, 0.4) is 0 Å². The van der Waals surface area contributed by atoms with Gasteiger partial charge in [0.2, 0.25) is 10.0 Å². The lowest BCUT2D eigenvalue weighted by molar-refractivity contribution is -0.153. The summed E-state index contributed by atoms with van der Waals surface area (Å²) >= 11 is 0. The first-order valence-electron chi connectivity index (χ1n) is 8.48. The Kier molecular flexibility index (Phi) is 5.77. The molecule has 0 aliphatic rings. The van der Waals surface area contributed by atoms with Gasteiger partial charge in [0.15, 0.2) is 0 Å². The monoisotopic (exact) mass is 407 g/mol. The van der Waals surface area contributed by atoms with Gasteiger partial charge in [0.25, 0.3) is 0 Å². The molecule has 0 amide bonds. The summed E-state index contributed by atoms with van der Waals surface area (Å²) in [5.74, 6) is 0. The van der Waals surface area contributed by atoms with Gasteiger partial charge in [0.05, 0.1) is 17.1 Å². The van der Waals surface area contributed by atoms with Gasteiger partial charge in [-0.2, -0.15) is 28.1 Å². The van der Waals surface area contributed by atoms with Crippen molar-refractivity contribution in [3.8, 4) is 0 Å². The summed E-state index contributed by atoms with van der Waals surface area (Å²) in [7, 11) is -1.38. The normalized spacial score (nSPS) is 14.0. The number of nitrogens with zero attached hydrogens (tertiary/aromatic N) is 4. The third-order valence-electron chi connectivity index (χ3n) is 4.58. The van der Waals surface area contributed by atoms with Gasteiger partial charge in [0.1, 0.15) is 10.9 Å². The van der Waals surface area contributed by atoms with Gasteiger partial charge in [-0.25, -0.2) is 8.42 Å². The fourth-order valence-electron chi connectivity index (χ4n) is 3.24. The van der Waals surface area contributed by atoms with Crippen molar-refractivity contribution in [2.75, 3.05) is 0 Å². The van der Waals surface area contributed by atoms with Crippen LogP contribution in [0.1, 0.15) is 48.2 Å². The van der Waals surface area contributed by atoms with Gasteiger partial charge in [-0.3, -0.25) is 9.36 Å². The largest absolute Gasteiger partial charge is 0.409 e. The molecular formula is C16H24F3N5O2S. The maximum atomic E-state index is 13.8. The minimum Gasteiger partial charge on any atom is -0.272 e. The summed E-state index contributed by atoms with van der Waals surface area (Å²) < 4.78 is 71.9. The topological polar surface area (TPSA) is 81.8 Å². The van der Waals surface area contributed by atoms with Crippen molar-refractivity contribution in [1.29, 1.82) is 0 Å². The van der Waals surface area contributed by atoms with Crippen LogP contribution in [0, 0.1) is 13.8 Å². The summed E-state index contributed by atoms with van der Waals surface area (Å²) in [6, 6.07) is -2.40. The maximum absolute atomic E-state index is 13.8. The number of rotatable bonds is 6. The molecule has 1 atom stereocenters. The van der Waals surface area contributed by atoms with Crippen molar-refractivity contribution in [2.45, 2.75) is 57.7 Å². The third-order valence-corrected chi connectivity index (χ3v) is 6.13. The Bertz CT molecular complexity index is 944. The quantitative estimate of drug-likeness (QED) is 0.798. The zero-order chi connectivity index (χ0) is 20.7. The molecule has 1 N–H and O–H groups in total. The molecule has 0 aromatic carbocycles. The Morgan fingerprint density at radius 3 is 2.07 bits per heavy atom. The molecule has 152 valence electrons. The molecule has 27 heavy (non-hydrogen) atoms. The molecule has 0 aliphatic heterocycles. The molecule has 11 heteroatoms. The molecular weight excluding hydrogens is 383 g/mol. The van der Waals surface area contributed by atoms with Crippen LogP contribution in [0.25, 0.3) is 0 Å². The minimum absolute atomic E-state index is 0.123. The van der Waals surface area contributed by atoms with Crippen molar-refractivity contribution in [2.24, 2.45) is 14.1 Å². The molecule has 0 saturated carbocycles. The predicted octanol–water partition coefficient (Wildman–Crippen LogP) is 2.48. The number of halogens is 3. The second kappa shape index (κ2) is 7.27. The summed E-state index contributed by atoms with van der Waals surface area (Å²) in [6.45, 7) is 6.33. The van der Waals surface area contributed by atoms with E-state index in [1.165, 1.54) is 30.3 Å². The Morgan fingerprint density at radius 1 is 1.07 bits per heavy atom. The summed E-state index contributed by atoms with van der Waals surface area (Å²) in [6.07, 6.45) is -4.22. The molecule has 7 nitrogen and oxygen atoms in total. The molecule has 2 aromatic rings. The summed E-state index contributed by atoms with van der Waals surface area (Å²) in [4.78, 5) is -0.177. The molecule has 0 saturated heterocycles. The number of aromatic nitrogens is 4. The standard InChI is InChI=1S/C16H24F3N5O2S/c1-7-11-14(12(8-2)24(6)21-11)27(25,26)22-15(16(17,18)19)13-9(3)20-23(5)10(13)4/h15,22H,7-8H2,1-6H3/t15-/m1/s1. The van der Waals surface area contributed by atoms with E-state index in [2.05, 4.69) is 10.2 Å². The van der Waals surface area contributed by atoms with E-state index in [9.17, 15) is 21.6 Å². The van der Waals surface area contributed by atoms with Crippen LogP contribution in [0.5, 0.6) is 0 Å². The molecule has 0 fully saturated rings. The lowest BCUT2D eigenvalue weighted by atomic mass is 10.1. The maximum Gasteiger partial charge on any atom is 0.409 e. The summed E-state index contributed by atoms with van der Waals surface area (Å²) in [5, 5.41) is 8.13. The lowest BCUT2D eigenvalue weighted by Crippen LogP contribution is -2.39. The second-order valence-electron chi connectivity index (χ2n) is 6.36. The molecule has 0 unspecified atom stereocenters.